The number of rotatable bonds is 10. The Balaban J connectivity index is 1.69. The number of ether oxygens (including phenoxy) is 1. The minimum atomic E-state index is -1.06. The van der Waals surface area contributed by atoms with Crippen LogP contribution in [0, 0.1) is 11.8 Å². The van der Waals surface area contributed by atoms with Crippen molar-refractivity contribution in [1.82, 2.24) is 10.2 Å². The lowest BCUT2D eigenvalue weighted by Crippen LogP contribution is -2.52. The fourth-order valence-corrected chi connectivity index (χ4v) is 5.00. The van der Waals surface area contributed by atoms with Gasteiger partial charge in [0.1, 0.15) is 13.2 Å². The Morgan fingerprint density at radius 1 is 0.971 bits per heavy atom. The molecule has 1 aliphatic carbocycles. The van der Waals surface area contributed by atoms with E-state index in [1.54, 1.807) is 6.92 Å². The molecule has 0 saturated carbocycles. The summed E-state index contributed by atoms with van der Waals surface area (Å²) in [5, 5.41) is 12.1. The number of aliphatic carboxylic acids is 1. The first-order chi connectivity index (χ1) is 16.6. The van der Waals surface area contributed by atoms with Crippen molar-refractivity contribution in [1.29, 1.82) is 0 Å². The molecule has 35 heavy (non-hydrogen) atoms. The van der Waals surface area contributed by atoms with Crippen molar-refractivity contribution in [2.24, 2.45) is 11.8 Å². The molecule has 0 heterocycles. The average molecular weight is 481 g/mol. The summed E-state index contributed by atoms with van der Waals surface area (Å²) in [7, 11) is 0. The van der Waals surface area contributed by atoms with Crippen LogP contribution in [0.2, 0.25) is 0 Å². The highest BCUT2D eigenvalue weighted by atomic mass is 16.5. The summed E-state index contributed by atoms with van der Waals surface area (Å²) in [5.41, 5.74) is 4.56. The number of hydrogen-bond donors (Lipinski definition) is 2. The molecule has 2 aromatic rings. The monoisotopic (exact) mass is 480 g/mol. The fraction of sp³-hybridized carbons (Fsp3) is 0.464. The predicted octanol–water partition coefficient (Wildman–Crippen LogP) is 4.90. The SMILES string of the molecule is CCC(C)N(CC(=O)O)C(=O)C(C(C)C)C(C)NC(=O)OCC1c2ccccc2-c2ccccc21. The number of carbonyl (C=O) groups is 3. The minimum Gasteiger partial charge on any atom is -0.480 e. The maximum absolute atomic E-state index is 13.4. The molecule has 0 aliphatic heterocycles. The molecule has 3 atom stereocenters. The van der Waals surface area contributed by atoms with E-state index in [1.807, 2.05) is 52.0 Å². The van der Waals surface area contributed by atoms with E-state index in [0.717, 1.165) is 22.3 Å². The van der Waals surface area contributed by atoms with Crippen LogP contribution in [0.4, 0.5) is 4.79 Å². The van der Waals surface area contributed by atoms with Crippen molar-refractivity contribution in [2.45, 2.75) is 59.0 Å². The molecule has 1 aliphatic rings. The van der Waals surface area contributed by atoms with Crippen LogP contribution in [0.3, 0.4) is 0 Å². The molecule has 0 saturated heterocycles. The highest BCUT2D eigenvalue weighted by molar-refractivity contribution is 5.84. The molecule has 2 N–H and O–H groups in total. The van der Waals surface area contributed by atoms with Crippen LogP contribution >= 0.6 is 0 Å². The first kappa shape index (κ1) is 26.3. The van der Waals surface area contributed by atoms with Gasteiger partial charge in [-0.15, -0.1) is 0 Å². The fourth-order valence-electron chi connectivity index (χ4n) is 5.00. The molecule has 0 bridgehead atoms. The summed E-state index contributed by atoms with van der Waals surface area (Å²) >= 11 is 0. The number of nitrogens with zero attached hydrogens (tertiary/aromatic N) is 1. The van der Waals surface area contributed by atoms with Crippen LogP contribution in [-0.4, -0.2) is 53.2 Å². The Morgan fingerprint density at radius 3 is 2.00 bits per heavy atom. The Bertz CT molecular complexity index is 1020. The van der Waals surface area contributed by atoms with Gasteiger partial charge in [-0.25, -0.2) is 4.79 Å². The number of alkyl carbamates (subject to hydrolysis) is 1. The molecule has 0 aromatic heterocycles. The quantitative estimate of drug-likeness (QED) is 0.504. The number of carboxylic acids is 1. The van der Waals surface area contributed by atoms with Crippen LogP contribution in [0.15, 0.2) is 48.5 Å². The minimum absolute atomic E-state index is 0.0533. The Morgan fingerprint density at radius 2 is 1.51 bits per heavy atom. The molecule has 0 fully saturated rings. The first-order valence-corrected chi connectivity index (χ1v) is 12.3. The molecule has 3 rings (SSSR count). The lowest BCUT2D eigenvalue weighted by atomic mass is 9.87. The smallest absolute Gasteiger partial charge is 0.407 e. The number of benzene rings is 2. The standard InChI is InChI=1S/C28H36N2O5/c1-6-18(4)30(15-25(31)32)27(33)26(17(2)3)19(5)29-28(34)35-16-24-22-13-9-7-11-20(22)21-12-8-10-14-23(21)24/h7-14,17-19,24,26H,6,15-16H2,1-5H3,(H,29,34)(H,31,32). The number of fused-ring (bicyclic) bond motifs is 3. The number of amides is 2. The van der Waals surface area contributed by atoms with Crippen LogP contribution in [0.5, 0.6) is 0 Å². The third-order valence-electron chi connectivity index (χ3n) is 6.94. The number of carboxylic acid groups (broad SMARTS) is 1. The lowest BCUT2D eigenvalue weighted by Gasteiger charge is -2.35. The van der Waals surface area contributed by atoms with Crippen molar-refractivity contribution in [2.75, 3.05) is 13.2 Å². The lowest BCUT2D eigenvalue weighted by molar-refractivity contribution is -0.149. The van der Waals surface area contributed by atoms with Crippen molar-refractivity contribution in [3.8, 4) is 11.1 Å². The Hall–Kier alpha value is -3.35. The summed E-state index contributed by atoms with van der Waals surface area (Å²) in [6.07, 6.45) is 0.0454. The summed E-state index contributed by atoms with van der Waals surface area (Å²) in [5.74, 6) is -2.07. The van der Waals surface area contributed by atoms with Gasteiger partial charge in [0, 0.05) is 18.0 Å². The van der Waals surface area contributed by atoms with Crippen molar-refractivity contribution < 1.29 is 24.2 Å². The van der Waals surface area contributed by atoms with E-state index in [2.05, 4.69) is 29.6 Å². The normalized spacial score (nSPS) is 15.0. The van der Waals surface area contributed by atoms with E-state index in [4.69, 9.17) is 4.74 Å². The van der Waals surface area contributed by atoms with Crippen LogP contribution in [0.25, 0.3) is 11.1 Å². The second kappa shape index (κ2) is 11.4. The van der Waals surface area contributed by atoms with Gasteiger partial charge in [-0.1, -0.05) is 69.3 Å². The first-order valence-electron chi connectivity index (χ1n) is 12.3. The molecule has 7 nitrogen and oxygen atoms in total. The summed E-state index contributed by atoms with van der Waals surface area (Å²) < 4.78 is 5.64. The third-order valence-corrected chi connectivity index (χ3v) is 6.94. The van der Waals surface area contributed by atoms with Gasteiger partial charge in [0.2, 0.25) is 5.91 Å². The molecular formula is C28H36N2O5. The summed E-state index contributed by atoms with van der Waals surface area (Å²) in [6.45, 7) is 9.12. The molecule has 2 aromatic carbocycles. The van der Waals surface area contributed by atoms with E-state index < -0.39 is 24.0 Å². The number of nitrogens with one attached hydrogen (secondary N) is 1. The van der Waals surface area contributed by atoms with E-state index >= 15 is 0 Å². The number of carbonyl (C=O) groups excluding carboxylic acids is 2. The van der Waals surface area contributed by atoms with Gasteiger partial charge in [0.25, 0.3) is 0 Å². The Labute approximate surface area is 207 Å². The largest absolute Gasteiger partial charge is 0.480 e. The van der Waals surface area contributed by atoms with Gasteiger partial charge in [0.15, 0.2) is 0 Å². The van der Waals surface area contributed by atoms with E-state index in [0.29, 0.717) is 6.42 Å². The highest BCUT2D eigenvalue weighted by Gasteiger charge is 2.36. The van der Waals surface area contributed by atoms with Crippen molar-refractivity contribution in [3.63, 3.8) is 0 Å². The molecule has 7 heteroatoms. The third kappa shape index (κ3) is 5.84. The average Bonchev–Trinajstić information content (AvgIpc) is 3.14. The van der Waals surface area contributed by atoms with Crippen LogP contribution < -0.4 is 5.32 Å². The van der Waals surface area contributed by atoms with Gasteiger partial charge in [-0.05, 0) is 48.4 Å². The Kier molecular flexibility index (Phi) is 8.54. The van der Waals surface area contributed by atoms with Crippen LogP contribution in [-0.2, 0) is 14.3 Å². The molecule has 2 amide bonds. The van der Waals surface area contributed by atoms with Gasteiger partial charge in [-0.3, -0.25) is 9.59 Å². The van der Waals surface area contributed by atoms with E-state index in [1.165, 1.54) is 4.90 Å². The molecular weight excluding hydrogens is 444 g/mol. The topological polar surface area (TPSA) is 95.9 Å². The zero-order chi connectivity index (χ0) is 25.7. The highest BCUT2D eigenvalue weighted by Crippen LogP contribution is 2.44. The summed E-state index contributed by atoms with van der Waals surface area (Å²) in [4.78, 5) is 38.9. The molecule has 0 radical (unpaired) electrons. The van der Waals surface area contributed by atoms with Gasteiger partial charge < -0.3 is 20.1 Å². The summed E-state index contributed by atoms with van der Waals surface area (Å²) in [6, 6.07) is 15.5. The maximum atomic E-state index is 13.4. The molecule has 188 valence electrons. The molecule has 3 unspecified atom stereocenters. The number of hydrogen-bond acceptors (Lipinski definition) is 4. The van der Waals surface area contributed by atoms with Gasteiger partial charge in [0.05, 0.1) is 5.92 Å². The van der Waals surface area contributed by atoms with Gasteiger partial charge in [-0.2, -0.15) is 0 Å². The maximum Gasteiger partial charge on any atom is 0.407 e. The molecule has 0 spiro atoms. The second-order valence-corrected chi connectivity index (χ2v) is 9.65. The second-order valence-electron chi connectivity index (χ2n) is 9.65. The predicted molar refractivity (Wildman–Crippen MR) is 135 cm³/mol. The van der Waals surface area contributed by atoms with Crippen molar-refractivity contribution in [3.05, 3.63) is 59.7 Å². The van der Waals surface area contributed by atoms with Crippen LogP contribution in [0.1, 0.15) is 58.1 Å². The van der Waals surface area contributed by atoms with Gasteiger partial charge >= 0.3 is 12.1 Å². The van der Waals surface area contributed by atoms with E-state index in [-0.39, 0.29) is 36.9 Å². The van der Waals surface area contributed by atoms with Crippen molar-refractivity contribution >= 4 is 18.0 Å². The zero-order valence-corrected chi connectivity index (χ0v) is 21.2. The zero-order valence-electron chi connectivity index (χ0n) is 21.2. The van der Waals surface area contributed by atoms with E-state index in [9.17, 15) is 19.5 Å².